The fourth-order valence-corrected chi connectivity index (χ4v) is 9.83. The second kappa shape index (κ2) is 24.3. The molecule has 0 radical (unpaired) electrons. The lowest BCUT2D eigenvalue weighted by molar-refractivity contribution is -0.321. The number of allylic oxidation sites excluding steroid dienone is 4. The second-order valence-electron chi connectivity index (χ2n) is 18.4. The fourth-order valence-electron chi connectivity index (χ4n) is 9.83. The number of aliphatic hydroxyl groups is 4. The van der Waals surface area contributed by atoms with Gasteiger partial charge in [-0.15, -0.1) is 0 Å². The first kappa shape index (κ1) is 51.6. The molecule has 4 aliphatic rings. The molecule has 0 aromatic heterocycles. The second-order valence-corrected chi connectivity index (χ2v) is 18.4. The molecule has 0 aromatic carbocycles. The lowest BCUT2D eigenvalue weighted by Crippen LogP contribution is -2.59. The summed E-state index contributed by atoms with van der Waals surface area (Å²) in [6.07, 6.45) is 6.08. The Morgan fingerprint density at radius 1 is 0.935 bits per heavy atom. The van der Waals surface area contributed by atoms with Crippen LogP contribution < -0.4 is 0 Å². The van der Waals surface area contributed by atoms with Crippen LogP contribution >= 0.6 is 0 Å². The number of hydrogen-bond acceptors (Lipinski definition) is 14. The molecule has 4 rings (SSSR count). The average molecular weight is 878 g/mol. The summed E-state index contributed by atoms with van der Waals surface area (Å²) in [6, 6.07) is -0.958. The van der Waals surface area contributed by atoms with Crippen LogP contribution in [0.2, 0.25) is 0 Å². The van der Waals surface area contributed by atoms with Crippen molar-refractivity contribution in [2.75, 3.05) is 41.1 Å². The molecule has 15 nitrogen and oxygen atoms in total. The first-order chi connectivity index (χ1) is 29.4. The van der Waals surface area contributed by atoms with E-state index in [9.17, 15) is 34.5 Å². The van der Waals surface area contributed by atoms with Gasteiger partial charge in [-0.05, 0) is 95.5 Å². The van der Waals surface area contributed by atoms with Crippen molar-refractivity contribution in [3.05, 3.63) is 35.5 Å². The minimum absolute atomic E-state index is 0.00485. The number of rotatable bonds is 10. The van der Waals surface area contributed by atoms with E-state index in [1.54, 1.807) is 34.3 Å². The van der Waals surface area contributed by atoms with Crippen molar-refractivity contribution in [1.29, 1.82) is 0 Å². The molecule has 15 heteroatoms. The smallest absolute Gasteiger partial charge is 0.330 e. The van der Waals surface area contributed by atoms with Gasteiger partial charge in [0.25, 0.3) is 0 Å². The maximum atomic E-state index is 14.4. The Balaban J connectivity index is 1.76. The minimum atomic E-state index is -1.88. The van der Waals surface area contributed by atoms with Crippen molar-refractivity contribution in [2.24, 2.45) is 29.6 Å². The first-order valence-corrected chi connectivity index (χ1v) is 22.6. The number of amides is 1. The van der Waals surface area contributed by atoms with E-state index in [2.05, 4.69) is 6.92 Å². The minimum Gasteiger partial charge on any atom is -0.460 e. The van der Waals surface area contributed by atoms with Crippen LogP contribution in [-0.4, -0.2) is 145 Å². The van der Waals surface area contributed by atoms with E-state index in [0.717, 1.165) is 5.57 Å². The number of aliphatic hydroxyl groups excluding tert-OH is 3. The molecule has 3 aliphatic heterocycles. The number of hydrogen-bond donors (Lipinski definition) is 4. The molecule has 2 bridgehead atoms. The summed E-state index contributed by atoms with van der Waals surface area (Å²) in [4.78, 5) is 56.7. The van der Waals surface area contributed by atoms with E-state index in [0.29, 0.717) is 63.4 Å². The Morgan fingerprint density at radius 2 is 1.63 bits per heavy atom. The largest absolute Gasteiger partial charge is 0.460 e. The third-order valence-corrected chi connectivity index (χ3v) is 13.5. The van der Waals surface area contributed by atoms with Crippen molar-refractivity contribution in [1.82, 2.24) is 4.90 Å². The summed E-state index contributed by atoms with van der Waals surface area (Å²) in [6.45, 7) is 9.15. The molecule has 3 heterocycles. The van der Waals surface area contributed by atoms with Crippen molar-refractivity contribution in [3.63, 3.8) is 0 Å². The monoisotopic (exact) mass is 878 g/mol. The van der Waals surface area contributed by atoms with Gasteiger partial charge in [0.05, 0.1) is 43.5 Å². The van der Waals surface area contributed by atoms with Crippen LogP contribution in [0.1, 0.15) is 112 Å². The third-order valence-electron chi connectivity index (χ3n) is 13.5. The van der Waals surface area contributed by atoms with Gasteiger partial charge >= 0.3 is 11.9 Å². The van der Waals surface area contributed by atoms with Crippen LogP contribution in [0.5, 0.6) is 0 Å². The van der Waals surface area contributed by atoms with Gasteiger partial charge in [0.15, 0.2) is 5.79 Å². The normalized spacial score (nSPS) is 38.7. The molecule has 352 valence electrons. The summed E-state index contributed by atoms with van der Waals surface area (Å²) < 4.78 is 35.2. The SMILES string of the molecule is CO[C@H]1C[C@@H](C)C/C(C)=C/[C@@H](C/C=C/C(=O)OCCO)C(=O)C[C@H](O)[C@@H](C)[C@@H](/C(C)=C/[C@@H]2CC[C@@H](O)[C@H](OC)C2)OC(=O)[C@@H]2CCCCN2C(=O)C[C@]2(O)O[C@H]1[C@@H](OC)C[C@H]2C. The Labute approximate surface area is 368 Å². The first-order valence-electron chi connectivity index (χ1n) is 22.6. The van der Waals surface area contributed by atoms with Gasteiger partial charge in [0.1, 0.15) is 30.6 Å². The van der Waals surface area contributed by atoms with Crippen molar-refractivity contribution < 1.29 is 68.0 Å². The summed E-state index contributed by atoms with van der Waals surface area (Å²) in [5, 5.41) is 43.6. The number of carbonyl (C=O) groups is 4. The molecule has 3 fully saturated rings. The van der Waals surface area contributed by atoms with Crippen LogP contribution in [-0.2, 0) is 47.6 Å². The van der Waals surface area contributed by atoms with E-state index in [4.69, 9.17) is 33.5 Å². The van der Waals surface area contributed by atoms with E-state index >= 15 is 0 Å². The van der Waals surface area contributed by atoms with Crippen molar-refractivity contribution >= 4 is 23.6 Å². The molecule has 62 heavy (non-hydrogen) atoms. The highest BCUT2D eigenvalue weighted by molar-refractivity contribution is 5.86. The average Bonchev–Trinajstić information content (AvgIpc) is 3.24. The summed E-state index contributed by atoms with van der Waals surface area (Å²) in [5.74, 6) is -5.91. The fraction of sp³-hybridized carbons (Fsp3) is 0.787. The molecule has 0 unspecified atom stereocenters. The zero-order chi connectivity index (χ0) is 45.7. The highest BCUT2D eigenvalue weighted by atomic mass is 16.7. The molecular formula is C47H75NO14. The molecule has 1 aliphatic carbocycles. The Morgan fingerprint density at radius 3 is 2.31 bits per heavy atom. The standard InChI is InChI=1S/C47H75NO14/c1-28-20-29(2)22-40(58-7)45-41(59-8)24-31(4)47(56,62-45)27-42(53)48-17-10-9-13-35(48)46(55)61-44(30(3)23-33-15-16-36(50)39(25-33)57-6)32(5)37(51)26-38(52)34(21-28)12-11-14-43(54)60-19-18-49/h11,14,21,23,29,31-37,39-41,44-45,49-51,56H,9-10,12-13,15-20,22,24-27H2,1-8H3/b14-11+,28-21+,30-23+/t29-,31+,32+,33-,34+,35-,36+,37-,39+,40-,41-,44+,45+,47-/m0/s1. The van der Waals surface area contributed by atoms with E-state index in [1.165, 1.54) is 11.0 Å². The number of ether oxygens (including phenoxy) is 6. The highest BCUT2D eigenvalue weighted by Crippen LogP contribution is 2.40. The summed E-state index contributed by atoms with van der Waals surface area (Å²) in [7, 11) is 4.72. The maximum absolute atomic E-state index is 14.4. The number of carbonyl (C=O) groups excluding carboxylic acids is 4. The van der Waals surface area contributed by atoms with E-state index in [-0.39, 0.29) is 62.7 Å². The maximum Gasteiger partial charge on any atom is 0.330 e. The lowest BCUT2D eigenvalue weighted by Gasteiger charge is -2.48. The van der Waals surface area contributed by atoms with Crippen LogP contribution in [0, 0.1) is 29.6 Å². The predicted molar refractivity (Wildman–Crippen MR) is 229 cm³/mol. The van der Waals surface area contributed by atoms with E-state index in [1.807, 2.05) is 32.9 Å². The molecular weight excluding hydrogens is 803 g/mol. The zero-order valence-corrected chi connectivity index (χ0v) is 38.2. The molecule has 1 amide bonds. The van der Waals surface area contributed by atoms with Crippen LogP contribution in [0.4, 0.5) is 0 Å². The van der Waals surface area contributed by atoms with Crippen LogP contribution in [0.3, 0.4) is 0 Å². The van der Waals surface area contributed by atoms with Gasteiger partial charge in [-0.1, -0.05) is 44.6 Å². The molecule has 0 spiro atoms. The molecule has 1 saturated carbocycles. The summed E-state index contributed by atoms with van der Waals surface area (Å²) in [5.41, 5.74) is 1.56. The number of nitrogens with zero attached hydrogens (tertiary/aromatic N) is 1. The number of cyclic esters (lactones) is 1. The molecule has 14 atom stereocenters. The van der Waals surface area contributed by atoms with Gasteiger partial charge in [0, 0.05) is 58.1 Å². The highest BCUT2D eigenvalue weighted by Gasteiger charge is 2.51. The van der Waals surface area contributed by atoms with Crippen molar-refractivity contribution in [3.8, 4) is 0 Å². The van der Waals surface area contributed by atoms with E-state index < -0.39 is 84.1 Å². The number of Topliss-reactive ketones (excluding diaryl/α,β-unsaturated/α-hetero) is 1. The topological polar surface area (TPSA) is 208 Å². The third kappa shape index (κ3) is 14.0. The number of fused-ring (bicyclic) bond motifs is 3. The van der Waals surface area contributed by atoms with Crippen molar-refractivity contribution in [2.45, 2.75) is 166 Å². The Kier molecular flexibility index (Phi) is 20.2. The molecule has 2 saturated heterocycles. The lowest BCUT2D eigenvalue weighted by atomic mass is 9.81. The van der Waals surface area contributed by atoms with Gasteiger partial charge < -0.3 is 53.7 Å². The number of piperidine rings is 1. The van der Waals surface area contributed by atoms with Gasteiger partial charge in [-0.25, -0.2) is 9.59 Å². The number of ketones is 1. The Bertz CT molecular complexity index is 1580. The zero-order valence-electron chi connectivity index (χ0n) is 38.2. The Hall–Kier alpha value is -3.02. The van der Waals surface area contributed by atoms with Gasteiger partial charge in [0.2, 0.25) is 5.91 Å². The number of esters is 2. The predicted octanol–water partition coefficient (Wildman–Crippen LogP) is 4.37. The molecule has 0 aromatic rings. The number of methoxy groups -OCH3 is 3. The van der Waals surface area contributed by atoms with Gasteiger partial charge in [-0.2, -0.15) is 0 Å². The van der Waals surface area contributed by atoms with Crippen LogP contribution in [0.25, 0.3) is 0 Å². The summed E-state index contributed by atoms with van der Waals surface area (Å²) >= 11 is 0. The molecule has 4 N–H and O–H groups in total. The quantitative estimate of drug-likeness (QED) is 0.137. The van der Waals surface area contributed by atoms with Crippen LogP contribution in [0.15, 0.2) is 35.5 Å². The van der Waals surface area contributed by atoms with Gasteiger partial charge in [-0.3, -0.25) is 9.59 Å².